The molecule has 0 bridgehead atoms. The van der Waals surface area contributed by atoms with Crippen LogP contribution in [0.4, 0.5) is 0 Å². The SMILES string of the molecule is CC(=O)O.CS(=O)(=O)CCC(=O)N[C@@]1(c2ccccc2)CCNC[C@H]1O. The van der Waals surface area contributed by atoms with Gasteiger partial charge in [0.05, 0.1) is 17.4 Å². The van der Waals surface area contributed by atoms with Crippen molar-refractivity contribution in [1.82, 2.24) is 10.6 Å². The van der Waals surface area contributed by atoms with E-state index in [1.807, 2.05) is 30.3 Å². The Morgan fingerprint density at radius 1 is 1.31 bits per heavy atom. The topological polar surface area (TPSA) is 133 Å². The number of benzene rings is 1. The highest BCUT2D eigenvalue weighted by Gasteiger charge is 2.42. The molecule has 2 atom stereocenters. The lowest BCUT2D eigenvalue weighted by atomic mass is 9.79. The van der Waals surface area contributed by atoms with Crippen molar-refractivity contribution >= 4 is 21.7 Å². The number of amides is 1. The molecule has 0 spiro atoms. The van der Waals surface area contributed by atoms with Gasteiger partial charge in [0.1, 0.15) is 9.84 Å². The molecule has 1 amide bonds. The molecule has 9 heteroatoms. The molecular formula is C17H26N2O6S. The number of sulfone groups is 1. The van der Waals surface area contributed by atoms with E-state index in [2.05, 4.69) is 10.6 Å². The van der Waals surface area contributed by atoms with Crippen LogP contribution in [0.15, 0.2) is 30.3 Å². The van der Waals surface area contributed by atoms with Crippen LogP contribution in [-0.4, -0.2) is 61.7 Å². The Kier molecular flexibility index (Phi) is 8.19. The minimum absolute atomic E-state index is 0.104. The van der Waals surface area contributed by atoms with Gasteiger partial charge in [0.25, 0.3) is 5.97 Å². The van der Waals surface area contributed by atoms with E-state index in [0.717, 1.165) is 18.7 Å². The number of aliphatic hydroxyl groups excluding tert-OH is 1. The smallest absolute Gasteiger partial charge is 0.300 e. The van der Waals surface area contributed by atoms with E-state index >= 15 is 0 Å². The van der Waals surface area contributed by atoms with Crippen molar-refractivity contribution in [3.63, 3.8) is 0 Å². The summed E-state index contributed by atoms with van der Waals surface area (Å²) in [5.41, 5.74) is -0.0436. The average Bonchev–Trinajstić information content (AvgIpc) is 2.55. The lowest BCUT2D eigenvalue weighted by molar-refractivity contribution is -0.134. The molecule has 26 heavy (non-hydrogen) atoms. The molecule has 1 aliphatic heterocycles. The molecule has 146 valence electrons. The number of hydrogen-bond donors (Lipinski definition) is 4. The largest absolute Gasteiger partial charge is 0.481 e. The van der Waals surface area contributed by atoms with Crippen LogP contribution in [0.5, 0.6) is 0 Å². The Labute approximate surface area is 153 Å². The number of piperidine rings is 1. The third kappa shape index (κ3) is 7.11. The zero-order valence-electron chi connectivity index (χ0n) is 14.9. The summed E-state index contributed by atoms with van der Waals surface area (Å²) in [6.45, 7) is 2.12. The molecule has 2 rings (SSSR count). The van der Waals surface area contributed by atoms with Crippen LogP contribution in [0.25, 0.3) is 0 Å². The summed E-state index contributed by atoms with van der Waals surface area (Å²) in [5, 5.41) is 23.8. The fourth-order valence-electron chi connectivity index (χ4n) is 2.74. The van der Waals surface area contributed by atoms with Gasteiger partial charge in [-0.25, -0.2) is 8.42 Å². The van der Waals surface area contributed by atoms with Gasteiger partial charge in [0.2, 0.25) is 5.91 Å². The molecule has 0 aliphatic carbocycles. The molecule has 1 aromatic rings. The summed E-state index contributed by atoms with van der Waals surface area (Å²) in [6, 6.07) is 9.32. The maximum Gasteiger partial charge on any atom is 0.300 e. The van der Waals surface area contributed by atoms with Gasteiger partial charge in [-0.05, 0) is 18.5 Å². The van der Waals surface area contributed by atoms with E-state index in [-0.39, 0.29) is 18.1 Å². The fraction of sp³-hybridized carbons (Fsp3) is 0.529. The van der Waals surface area contributed by atoms with Crippen molar-refractivity contribution in [3.8, 4) is 0 Å². The lowest BCUT2D eigenvalue weighted by Gasteiger charge is -2.43. The summed E-state index contributed by atoms with van der Waals surface area (Å²) in [5.74, 6) is -1.40. The van der Waals surface area contributed by atoms with E-state index in [9.17, 15) is 18.3 Å². The van der Waals surface area contributed by atoms with Crippen LogP contribution >= 0.6 is 0 Å². The Morgan fingerprint density at radius 2 is 1.88 bits per heavy atom. The molecule has 1 saturated heterocycles. The van der Waals surface area contributed by atoms with Gasteiger partial charge in [0.15, 0.2) is 0 Å². The number of nitrogens with one attached hydrogen (secondary N) is 2. The molecular weight excluding hydrogens is 360 g/mol. The standard InChI is InChI=1S/C15H22N2O4S.C2H4O2/c1-22(20,21)10-7-14(19)17-15(8-9-16-11-13(15)18)12-5-3-2-4-6-12;1-2(3)4/h2-6,13,16,18H,7-11H2,1H3,(H,17,19);1H3,(H,3,4)/t13-,15-;/m1./s1. The average molecular weight is 386 g/mol. The van der Waals surface area contributed by atoms with Crippen molar-refractivity contribution in [1.29, 1.82) is 0 Å². The zero-order chi connectivity index (χ0) is 19.8. The van der Waals surface area contributed by atoms with Crippen LogP contribution in [0.1, 0.15) is 25.3 Å². The second-order valence-electron chi connectivity index (χ2n) is 6.25. The molecule has 1 aromatic carbocycles. The first kappa shape index (κ1) is 22.1. The third-order valence-electron chi connectivity index (χ3n) is 3.95. The van der Waals surface area contributed by atoms with Crippen LogP contribution in [0, 0.1) is 0 Å². The summed E-state index contributed by atoms with van der Waals surface area (Å²) < 4.78 is 22.4. The predicted molar refractivity (Wildman–Crippen MR) is 97.4 cm³/mol. The van der Waals surface area contributed by atoms with E-state index < -0.39 is 27.4 Å². The van der Waals surface area contributed by atoms with Crippen molar-refractivity contribution in [2.45, 2.75) is 31.4 Å². The van der Waals surface area contributed by atoms with Gasteiger partial charge < -0.3 is 20.8 Å². The fourth-order valence-corrected chi connectivity index (χ4v) is 3.30. The molecule has 1 aliphatic rings. The number of hydrogen-bond acceptors (Lipinski definition) is 6. The Balaban J connectivity index is 0.000000765. The lowest BCUT2D eigenvalue weighted by Crippen LogP contribution is -2.61. The number of β-amino-alcohol motifs (C(OH)–C–C–N with tert-alkyl or cyclic N) is 1. The first-order chi connectivity index (χ1) is 12.1. The first-order valence-electron chi connectivity index (χ1n) is 8.19. The second-order valence-corrected chi connectivity index (χ2v) is 8.51. The quantitative estimate of drug-likeness (QED) is 0.554. The van der Waals surface area contributed by atoms with Gasteiger partial charge >= 0.3 is 0 Å². The summed E-state index contributed by atoms with van der Waals surface area (Å²) in [6.07, 6.45) is 0.772. The van der Waals surface area contributed by atoms with Gasteiger partial charge in [-0.3, -0.25) is 9.59 Å². The summed E-state index contributed by atoms with van der Waals surface area (Å²) >= 11 is 0. The molecule has 8 nitrogen and oxygen atoms in total. The number of aliphatic carboxylic acids is 1. The highest BCUT2D eigenvalue weighted by Crippen LogP contribution is 2.31. The van der Waals surface area contributed by atoms with Crippen LogP contribution in [0.3, 0.4) is 0 Å². The minimum Gasteiger partial charge on any atom is -0.481 e. The van der Waals surface area contributed by atoms with Crippen molar-refractivity contribution in [2.24, 2.45) is 0 Å². The number of rotatable bonds is 5. The van der Waals surface area contributed by atoms with Gasteiger partial charge in [-0.15, -0.1) is 0 Å². The van der Waals surface area contributed by atoms with Crippen LogP contribution in [-0.2, 0) is 25.0 Å². The number of carbonyl (C=O) groups excluding carboxylic acids is 1. The number of carbonyl (C=O) groups is 2. The minimum atomic E-state index is -3.19. The van der Waals surface area contributed by atoms with Crippen molar-refractivity contribution in [2.75, 3.05) is 25.1 Å². The normalized spacial score (nSPS) is 22.7. The van der Waals surface area contributed by atoms with Crippen LogP contribution in [0.2, 0.25) is 0 Å². The summed E-state index contributed by atoms with van der Waals surface area (Å²) in [7, 11) is -3.19. The van der Waals surface area contributed by atoms with E-state index in [4.69, 9.17) is 9.90 Å². The molecule has 0 unspecified atom stereocenters. The second kappa shape index (κ2) is 9.65. The van der Waals surface area contributed by atoms with Crippen LogP contribution < -0.4 is 10.6 Å². The molecule has 1 fully saturated rings. The molecule has 4 N–H and O–H groups in total. The highest BCUT2D eigenvalue weighted by molar-refractivity contribution is 7.90. The van der Waals surface area contributed by atoms with Gasteiger partial charge in [-0.1, -0.05) is 30.3 Å². The van der Waals surface area contributed by atoms with E-state index in [1.165, 1.54) is 0 Å². The Bertz CT molecular complexity index is 703. The maximum atomic E-state index is 12.2. The molecule has 1 heterocycles. The number of carboxylic acids is 1. The first-order valence-corrected chi connectivity index (χ1v) is 10.3. The molecule has 0 aromatic heterocycles. The summed E-state index contributed by atoms with van der Waals surface area (Å²) in [4.78, 5) is 21.2. The predicted octanol–water partition coefficient (Wildman–Crippen LogP) is -0.122. The Morgan fingerprint density at radius 3 is 2.38 bits per heavy atom. The maximum absolute atomic E-state index is 12.2. The highest BCUT2D eigenvalue weighted by atomic mass is 32.2. The van der Waals surface area contributed by atoms with Crippen molar-refractivity contribution in [3.05, 3.63) is 35.9 Å². The van der Waals surface area contributed by atoms with E-state index in [1.54, 1.807) is 0 Å². The monoisotopic (exact) mass is 386 g/mol. The van der Waals surface area contributed by atoms with Gasteiger partial charge in [-0.2, -0.15) is 0 Å². The van der Waals surface area contributed by atoms with Gasteiger partial charge in [0, 0.05) is 26.1 Å². The third-order valence-corrected chi connectivity index (χ3v) is 4.90. The number of aliphatic hydroxyl groups is 1. The van der Waals surface area contributed by atoms with Crippen molar-refractivity contribution < 1.29 is 28.2 Å². The molecule has 0 saturated carbocycles. The van der Waals surface area contributed by atoms with E-state index in [0.29, 0.717) is 19.5 Å². The number of carboxylic acid groups (broad SMARTS) is 1. The zero-order valence-corrected chi connectivity index (χ0v) is 15.8. The molecule has 0 radical (unpaired) electrons. The Hall–Kier alpha value is -1.97.